The van der Waals surface area contributed by atoms with Crippen molar-refractivity contribution in [3.8, 4) is 67.9 Å². The summed E-state index contributed by atoms with van der Waals surface area (Å²) in [5.74, 6) is 2.82. The van der Waals surface area contributed by atoms with Gasteiger partial charge in [-0.15, -0.1) is 0 Å². The van der Waals surface area contributed by atoms with Gasteiger partial charge in [0.2, 0.25) is 0 Å². The van der Waals surface area contributed by atoms with Gasteiger partial charge in [-0.25, -0.2) is 15.0 Å². The zero-order chi connectivity index (χ0) is 37.0. The van der Waals surface area contributed by atoms with E-state index in [0.29, 0.717) is 17.5 Å². The van der Waals surface area contributed by atoms with E-state index in [9.17, 15) is 0 Å². The summed E-state index contributed by atoms with van der Waals surface area (Å²) in [6.45, 7) is 0. The molecule has 0 spiro atoms. The van der Waals surface area contributed by atoms with Gasteiger partial charge in [0.1, 0.15) is 11.9 Å². The first-order valence-electron chi connectivity index (χ1n) is 19.0. The quantitative estimate of drug-likeness (QED) is 0.172. The van der Waals surface area contributed by atoms with E-state index in [-0.39, 0.29) is 12.0 Å². The molecule has 0 N–H and O–H groups in total. The van der Waals surface area contributed by atoms with Crippen LogP contribution >= 0.6 is 0 Å². The number of aromatic nitrogens is 4. The first kappa shape index (κ1) is 32.1. The Bertz CT molecular complexity index is 2940. The molecule has 11 rings (SSSR count). The molecule has 1 aliphatic heterocycles. The molecule has 9 aromatic rings. The van der Waals surface area contributed by atoms with Crippen LogP contribution in [0.25, 0.3) is 79.1 Å². The van der Waals surface area contributed by atoms with Gasteiger partial charge in [0, 0.05) is 44.8 Å². The highest BCUT2D eigenvalue weighted by molar-refractivity contribution is 5.92. The second-order valence-corrected chi connectivity index (χ2v) is 14.4. The van der Waals surface area contributed by atoms with Crippen molar-refractivity contribution in [1.82, 2.24) is 19.5 Å². The van der Waals surface area contributed by atoms with Gasteiger partial charge >= 0.3 is 0 Å². The molecule has 1 aliphatic carbocycles. The summed E-state index contributed by atoms with van der Waals surface area (Å²) in [5.41, 5.74) is 13.2. The van der Waals surface area contributed by atoms with Gasteiger partial charge in [0.15, 0.2) is 17.5 Å². The fraction of sp³-hybridized carbons (Fsp3) is 0.0392. The van der Waals surface area contributed by atoms with Crippen molar-refractivity contribution < 1.29 is 4.74 Å². The van der Waals surface area contributed by atoms with Crippen LogP contribution in [0.15, 0.2) is 188 Å². The van der Waals surface area contributed by atoms with Crippen LogP contribution in [-0.2, 0) is 0 Å². The Morgan fingerprint density at radius 3 is 1.70 bits per heavy atom. The van der Waals surface area contributed by atoms with Crippen LogP contribution < -0.4 is 4.74 Å². The SMILES string of the molecule is C1=CC2c3cc(-c4nc(-c5ccccc5)nc(-c5cccc(-c6ccccc6)c5)n4)ccc3OC2c2c1n(-c1ccc(-c3ccccc3)cc1)c1ccccc21. The zero-order valence-electron chi connectivity index (χ0n) is 30.3. The summed E-state index contributed by atoms with van der Waals surface area (Å²) in [7, 11) is 0. The van der Waals surface area contributed by atoms with Gasteiger partial charge in [-0.05, 0) is 70.8 Å². The predicted octanol–water partition coefficient (Wildman–Crippen LogP) is 12.4. The van der Waals surface area contributed by atoms with E-state index in [0.717, 1.165) is 56.0 Å². The van der Waals surface area contributed by atoms with E-state index in [1.807, 2.05) is 36.4 Å². The van der Waals surface area contributed by atoms with Crippen LogP contribution in [-0.4, -0.2) is 19.5 Å². The van der Waals surface area contributed by atoms with E-state index < -0.39 is 0 Å². The fourth-order valence-corrected chi connectivity index (χ4v) is 8.34. The molecule has 5 nitrogen and oxygen atoms in total. The van der Waals surface area contributed by atoms with E-state index in [4.69, 9.17) is 19.7 Å². The lowest BCUT2D eigenvalue weighted by atomic mass is 9.85. The van der Waals surface area contributed by atoms with Gasteiger partial charge in [0.25, 0.3) is 0 Å². The number of hydrogen-bond acceptors (Lipinski definition) is 4. The van der Waals surface area contributed by atoms with Crippen LogP contribution in [0.5, 0.6) is 5.75 Å². The van der Waals surface area contributed by atoms with E-state index in [1.54, 1.807) is 0 Å². The Morgan fingerprint density at radius 2 is 0.982 bits per heavy atom. The number of nitrogens with zero attached hydrogens (tertiary/aromatic N) is 4. The van der Waals surface area contributed by atoms with E-state index >= 15 is 0 Å². The topological polar surface area (TPSA) is 52.8 Å². The molecule has 0 bridgehead atoms. The molecular weight excluding hydrogens is 685 g/mol. The van der Waals surface area contributed by atoms with Gasteiger partial charge in [-0.1, -0.05) is 146 Å². The molecule has 2 atom stereocenters. The average Bonchev–Trinajstić information content (AvgIpc) is 3.83. The van der Waals surface area contributed by atoms with Crippen LogP contribution in [0.2, 0.25) is 0 Å². The Labute approximate surface area is 324 Å². The number of rotatable bonds is 6. The third-order valence-electron chi connectivity index (χ3n) is 11.0. The van der Waals surface area contributed by atoms with Crippen LogP contribution in [0.4, 0.5) is 0 Å². The predicted molar refractivity (Wildman–Crippen MR) is 225 cm³/mol. The first-order valence-corrected chi connectivity index (χ1v) is 19.0. The van der Waals surface area contributed by atoms with Crippen molar-refractivity contribution >= 4 is 17.0 Å². The molecule has 3 heterocycles. The standard InChI is InChI=1S/C51H34N4O/c1-4-13-33(14-5-1)35-23-26-40(27-24-35)55-44-22-11-10-21-42(44)47-45(55)29-28-41-43-32-39(25-30-46(43)56-48(41)47)51-53-49(36-17-8-3-9-18-36)52-50(54-51)38-20-12-19-37(31-38)34-15-6-2-7-16-34/h1-32,41,48H. The third-order valence-corrected chi connectivity index (χ3v) is 11.0. The van der Waals surface area contributed by atoms with Gasteiger partial charge < -0.3 is 9.30 Å². The normalized spacial score (nSPS) is 15.2. The van der Waals surface area contributed by atoms with Crippen LogP contribution in [0, 0.1) is 0 Å². The molecule has 0 radical (unpaired) electrons. The Kier molecular flexibility index (Phi) is 7.56. The first-order chi connectivity index (χ1) is 27.7. The molecule has 2 aliphatic rings. The van der Waals surface area contributed by atoms with Crippen molar-refractivity contribution in [3.05, 3.63) is 205 Å². The molecule has 56 heavy (non-hydrogen) atoms. The maximum atomic E-state index is 6.89. The largest absolute Gasteiger partial charge is 0.484 e. The average molecular weight is 719 g/mol. The van der Waals surface area contributed by atoms with Gasteiger partial charge in [-0.3, -0.25) is 0 Å². The number of fused-ring (bicyclic) bond motifs is 7. The smallest absolute Gasteiger partial charge is 0.164 e. The minimum atomic E-state index is -0.162. The fourth-order valence-electron chi connectivity index (χ4n) is 8.34. The molecule has 5 heteroatoms. The van der Waals surface area contributed by atoms with E-state index in [1.165, 1.54) is 22.1 Å². The Hall–Kier alpha value is -7.37. The number of ether oxygens (including phenoxy) is 1. The lowest BCUT2D eigenvalue weighted by Gasteiger charge is -2.22. The highest BCUT2D eigenvalue weighted by atomic mass is 16.5. The molecule has 2 unspecified atom stereocenters. The molecule has 0 saturated heterocycles. The van der Waals surface area contributed by atoms with Gasteiger partial charge in [-0.2, -0.15) is 0 Å². The minimum Gasteiger partial charge on any atom is -0.484 e. The molecule has 264 valence electrons. The Balaban J connectivity index is 0.987. The summed E-state index contributed by atoms with van der Waals surface area (Å²) in [6.07, 6.45) is 4.42. The second-order valence-electron chi connectivity index (χ2n) is 14.4. The maximum Gasteiger partial charge on any atom is 0.164 e. The lowest BCUT2D eigenvalue weighted by molar-refractivity contribution is 0.224. The van der Waals surface area contributed by atoms with Gasteiger partial charge in [0.05, 0.1) is 11.2 Å². The highest BCUT2D eigenvalue weighted by Crippen LogP contribution is 2.53. The number of hydrogen-bond donors (Lipinski definition) is 0. The number of benzene rings is 7. The third kappa shape index (κ3) is 5.44. The highest BCUT2D eigenvalue weighted by Gasteiger charge is 2.40. The molecule has 0 fully saturated rings. The number of para-hydroxylation sites is 1. The summed E-state index contributed by atoms with van der Waals surface area (Å²) >= 11 is 0. The van der Waals surface area contributed by atoms with Crippen molar-refractivity contribution in [2.24, 2.45) is 0 Å². The van der Waals surface area contributed by atoms with E-state index in [2.05, 4.69) is 162 Å². The molecular formula is C51H34N4O. The van der Waals surface area contributed by atoms with Crippen LogP contribution in [0.3, 0.4) is 0 Å². The lowest BCUT2D eigenvalue weighted by Crippen LogP contribution is -2.13. The minimum absolute atomic E-state index is 0.0367. The van der Waals surface area contributed by atoms with Crippen molar-refractivity contribution in [2.45, 2.75) is 12.0 Å². The van der Waals surface area contributed by atoms with Crippen LogP contribution in [0.1, 0.15) is 28.8 Å². The second kappa shape index (κ2) is 13.2. The summed E-state index contributed by atoms with van der Waals surface area (Å²) in [6, 6.07) is 63.4. The summed E-state index contributed by atoms with van der Waals surface area (Å²) in [5, 5.41) is 1.20. The van der Waals surface area contributed by atoms with Crippen molar-refractivity contribution in [1.29, 1.82) is 0 Å². The molecule has 7 aromatic carbocycles. The zero-order valence-corrected chi connectivity index (χ0v) is 30.3. The monoisotopic (exact) mass is 718 g/mol. The summed E-state index contributed by atoms with van der Waals surface area (Å²) in [4.78, 5) is 15.2. The van der Waals surface area contributed by atoms with Crippen molar-refractivity contribution in [3.63, 3.8) is 0 Å². The molecule has 0 amide bonds. The Morgan fingerprint density at radius 1 is 0.446 bits per heavy atom. The molecule has 2 aromatic heterocycles. The summed E-state index contributed by atoms with van der Waals surface area (Å²) < 4.78 is 9.26. The maximum absolute atomic E-state index is 6.89. The van der Waals surface area contributed by atoms with Crippen molar-refractivity contribution in [2.75, 3.05) is 0 Å². The molecule has 0 saturated carbocycles.